The van der Waals surface area contributed by atoms with E-state index in [9.17, 15) is 14.4 Å². The fourth-order valence-corrected chi connectivity index (χ4v) is 3.89. The highest BCUT2D eigenvalue weighted by molar-refractivity contribution is 5.94. The van der Waals surface area contributed by atoms with Gasteiger partial charge in [-0.05, 0) is 41.5 Å². The first-order valence-corrected chi connectivity index (χ1v) is 8.36. The summed E-state index contributed by atoms with van der Waals surface area (Å²) in [5.41, 5.74) is 1.85. The molecule has 2 fully saturated rings. The molecule has 1 N–H and O–H groups in total. The molecular weight excluding hydrogens is 306 g/mol. The summed E-state index contributed by atoms with van der Waals surface area (Å²) in [4.78, 5) is 41.2. The van der Waals surface area contributed by atoms with Crippen molar-refractivity contribution in [2.24, 2.45) is 11.8 Å². The number of carbonyl (C=O) groups excluding carboxylic acids is 3. The second-order valence-corrected chi connectivity index (χ2v) is 6.87. The summed E-state index contributed by atoms with van der Waals surface area (Å²) in [5.74, 6) is 1.63. The van der Waals surface area contributed by atoms with Gasteiger partial charge in [0.15, 0.2) is 0 Å². The van der Waals surface area contributed by atoms with Gasteiger partial charge < -0.3 is 10.2 Å². The first-order valence-electron chi connectivity index (χ1n) is 8.36. The number of nitrogens with one attached hydrogen (secondary N) is 1. The number of rotatable bonds is 2. The zero-order valence-corrected chi connectivity index (χ0v) is 13.3. The second kappa shape index (κ2) is 5.85. The molecule has 124 valence electrons. The summed E-state index contributed by atoms with van der Waals surface area (Å²) < 4.78 is 0. The molecule has 2 amide bonds. The smallest absolute Gasteiger partial charge is 0.246 e. The van der Waals surface area contributed by atoms with Crippen LogP contribution < -0.4 is 5.32 Å². The van der Waals surface area contributed by atoms with E-state index in [1.807, 2.05) is 11.0 Å². The number of aryl methyl sites for hydroxylation is 1. The molecule has 2 aliphatic heterocycles. The van der Waals surface area contributed by atoms with Crippen LogP contribution in [0.3, 0.4) is 0 Å². The van der Waals surface area contributed by atoms with Crippen LogP contribution >= 0.6 is 0 Å². The van der Waals surface area contributed by atoms with Crippen molar-refractivity contribution in [1.82, 2.24) is 9.88 Å². The molecule has 2 atom stereocenters. The normalized spacial score (nSPS) is 25.8. The molecule has 1 aromatic rings. The zero-order valence-electron chi connectivity index (χ0n) is 13.3. The molecule has 4 rings (SSSR count). The lowest BCUT2D eigenvalue weighted by Crippen LogP contribution is -2.28. The lowest BCUT2D eigenvalue weighted by atomic mass is 10.0. The SMILES string of the molecule is O=C1C[C@@H]2CN(C(=O)/C=C/c3cnc4c(c3)CCC(=O)N4)C[C@@H]2C1. The van der Waals surface area contributed by atoms with E-state index in [1.165, 1.54) is 0 Å². The van der Waals surface area contributed by atoms with Crippen LogP contribution in [0.2, 0.25) is 0 Å². The highest BCUT2D eigenvalue weighted by atomic mass is 16.2. The van der Waals surface area contributed by atoms with Crippen molar-refractivity contribution in [3.05, 3.63) is 29.5 Å². The summed E-state index contributed by atoms with van der Waals surface area (Å²) in [6.45, 7) is 1.38. The fraction of sp³-hybridized carbons (Fsp3) is 0.444. The van der Waals surface area contributed by atoms with Gasteiger partial charge in [0, 0.05) is 44.6 Å². The molecule has 24 heavy (non-hydrogen) atoms. The number of fused-ring (bicyclic) bond motifs is 2. The topological polar surface area (TPSA) is 79.4 Å². The average molecular weight is 325 g/mol. The van der Waals surface area contributed by atoms with Crippen molar-refractivity contribution < 1.29 is 14.4 Å². The highest BCUT2D eigenvalue weighted by Crippen LogP contribution is 2.35. The number of pyridine rings is 1. The van der Waals surface area contributed by atoms with Gasteiger partial charge in [0.05, 0.1) is 0 Å². The van der Waals surface area contributed by atoms with E-state index in [-0.39, 0.29) is 11.8 Å². The molecule has 0 spiro atoms. The molecule has 0 aromatic carbocycles. The Morgan fingerprint density at radius 2 is 1.96 bits per heavy atom. The van der Waals surface area contributed by atoms with E-state index in [0.29, 0.717) is 62.2 Å². The van der Waals surface area contributed by atoms with Crippen molar-refractivity contribution in [3.63, 3.8) is 0 Å². The molecule has 1 aliphatic carbocycles. The van der Waals surface area contributed by atoms with Crippen LogP contribution in [0.5, 0.6) is 0 Å². The lowest BCUT2D eigenvalue weighted by molar-refractivity contribution is -0.126. The number of carbonyl (C=O) groups is 3. The van der Waals surface area contributed by atoms with E-state index in [1.54, 1.807) is 18.3 Å². The Bertz CT molecular complexity index is 740. The Morgan fingerprint density at radius 1 is 1.21 bits per heavy atom. The maximum atomic E-state index is 12.3. The molecule has 3 aliphatic rings. The molecule has 1 aromatic heterocycles. The van der Waals surface area contributed by atoms with Gasteiger partial charge in [-0.1, -0.05) is 0 Å². The Balaban J connectivity index is 1.41. The Kier molecular flexibility index (Phi) is 3.67. The van der Waals surface area contributed by atoms with Gasteiger partial charge >= 0.3 is 0 Å². The van der Waals surface area contributed by atoms with Crippen LogP contribution in [0.1, 0.15) is 30.4 Å². The maximum Gasteiger partial charge on any atom is 0.246 e. The van der Waals surface area contributed by atoms with E-state index >= 15 is 0 Å². The second-order valence-electron chi connectivity index (χ2n) is 6.87. The molecule has 1 saturated heterocycles. The minimum atomic E-state index is -0.0112. The molecule has 0 unspecified atom stereocenters. The highest BCUT2D eigenvalue weighted by Gasteiger charge is 2.41. The zero-order chi connectivity index (χ0) is 16.7. The third-order valence-corrected chi connectivity index (χ3v) is 5.15. The van der Waals surface area contributed by atoms with Gasteiger partial charge in [-0.2, -0.15) is 0 Å². The summed E-state index contributed by atoms with van der Waals surface area (Å²) in [5, 5.41) is 2.75. The van der Waals surface area contributed by atoms with E-state index in [2.05, 4.69) is 10.3 Å². The maximum absolute atomic E-state index is 12.3. The molecule has 1 saturated carbocycles. The number of ketones is 1. The summed E-state index contributed by atoms with van der Waals surface area (Å²) >= 11 is 0. The van der Waals surface area contributed by atoms with Gasteiger partial charge in [0.1, 0.15) is 11.6 Å². The van der Waals surface area contributed by atoms with Crippen LogP contribution in [0.25, 0.3) is 6.08 Å². The number of nitrogens with zero attached hydrogens (tertiary/aromatic N) is 2. The monoisotopic (exact) mass is 325 g/mol. The van der Waals surface area contributed by atoms with E-state index in [0.717, 1.165) is 11.1 Å². The summed E-state index contributed by atoms with van der Waals surface area (Å²) in [6.07, 6.45) is 7.39. The van der Waals surface area contributed by atoms with Crippen LogP contribution in [0.4, 0.5) is 5.82 Å². The van der Waals surface area contributed by atoms with Gasteiger partial charge in [-0.15, -0.1) is 0 Å². The molecule has 6 nitrogen and oxygen atoms in total. The summed E-state index contributed by atoms with van der Waals surface area (Å²) in [7, 11) is 0. The summed E-state index contributed by atoms with van der Waals surface area (Å²) in [6, 6.07) is 1.96. The number of hydrogen-bond donors (Lipinski definition) is 1. The van der Waals surface area contributed by atoms with Gasteiger partial charge in [0.2, 0.25) is 11.8 Å². The van der Waals surface area contributed by atoms with Crippen molar-refractivity contribution in [2.45, 2.75) is 25.7 Å². The Labute approximate surface area is 139 Å². The predicted octanol–water partition coefficient (Wildman–Crippen LogP) is 1.42. The predicted molar refractivity (Wildman–Crippen MR) is 88.0 cm³/mol. The minimum Gasteiger partial charge on any atom is -0.339 e. The number of Topliss-reactive ketones (excluding diaryl/α,β-unsaturated/α-hetero) is 1. The lowest BCUT2D eigenvalue weighted by Gasteiger charge is -2.16. The number of aromatic nitrogens is 1. The van der Waals surface area contributed by atoms with Crippen LogP contribution in [-0.2, 0) is 20.8 Å². The first-order chi connectivity index (χ1) is 11.6. The molecule has 3 heterocycles. The standard InChI is InChI=1S/C18H19N3O3/c22-15-6-13-9-21(10-14(13)7-15)17(24)4-1-11-5-12-2-3-16(23)20-18(12)19-8-11/h1,4-5,8,13-14H,2-3,6-7,9-10H2,(H,19,20,23)/b4-1+/t13-,14+. The number of anilines is 1. The van der Waals surface area contributed by atoms with Crippen molar-refractivity contribution in [1.29, 1.82) is 0 Å². The minimum absolute atomic E-state index is 0.00784. The fourth-order valence-electron chi connectivity index (χ4n) is 3.89. The number of likely N-dealkylation sites (tertiary alicyclic amines) is 1. The van der Waals surface area contributed by atoms with Crippen molar-refractivity contribution in [3.8, 4) is 0 Å². The molecule has 0 radical (unpaired) electrons. The van der Waals surface area contributed by atoms with Crippen molar-refractivity contribution >= 4 is 29.5 Å². The Hall–Kier alpha value is -2.50. The number of hydrogen-bond acceptors (Lipinski definition) is 4. The van der Waals surface area contributed by atoms with Crippen LogP contribution in [-0.4, -0.2) is 40.6 Å². The quantitative estimate of drug-likeness (QED) is 0.834. The molecular formula is C18H19N3O3. The third-order valence-electron chi connectivity index (χ3n) is 5.15. The first kappa shape index (κ1) is 15.1. The third kappa shape index (κ3) is 2.84. The van der Waals surface area contributed by atoms with Gasteiger partial charge in [-0.3, -0.25) is 14.4 Å². The van der Waals surface area contributed by atoms with E-state index < -0.39 is 0 Å². The van der Waals surface area contributed by atoms with Crippen molar-refractivity contribution in [2.75, 3.05) is 18.4 Å². The molecule has 0 bridgehead atoms. The number of amides is 2. The van der Waals surface area contributed by atoms with Crippen LogP contribution in [0.15, 0.2) is 18.3 Å². The van der Waals surface area contributed by atoms with E-state index in [4.69, 9.17) is 0 Å². The molecule has 6 heteroatoms. The van der Waals surface area contributed by atoms with Crippen LogP contribution in [0, 0.1) is 11.8 Å². The largest absolute Gasteiger partial charge is 0.339 e. The van der Waals surface area contributed by atoms with Gasteiger partial charge in [0.25, 0.3) is 0 Å². The Morgan fingerprint density at radius 3 is 2.71 bits per heavy atom. The average Bonchev–Trinajstić information content (AvgIpc) is 3.10. The van der Waals surface area contributed by atoms with Gasteiger partial charge in [-0.25, -0.2) is 4.98 Å².